The van der Waals surface area contributed by atoms with Crippen LogP contribution in [0.5, 0.6) is 11.5 Å². The molecule has 2 rings (SSSR count). The number of carbonyl (C=O) groups is 1. The number of nitro benzene ring substituents is 1. The van der Waals surface area contributed by atoms with Crippen LogP contribution in [0.15, 0.2) is 48.5 Å². The van der Waals surface area contributed by atoms with E-state index < -0.39 is 23.6 Å². The van der Waals surface area contributed by atoms with E-state index in [1.807, 2.05) is 0 Å². The van der Waals surface area contributed by atoms with E-state index in [0.717, 1.165) is 6.08 Å². The Labute approximate surface area is 159 Å². The van der Waals surface area contributed by atoms with Gasteiger partial charge in [-0.1, -0.05) is 24.3 Å². The first-order valence-corrected chi connectivity index (χ1v) is 8.06. The number of hydrogen-bond acceptors (Lipinski definition) is 6. The number of halogens is 2. The maximum Gasteiger partial charge on any atom is 0.387 e. The number of nitrogens with zero attached hydrogens (tertiary/aromatic N) is 1. The fourth-order valence-corrected chi connectivity index (χ4v) is 2.37. The van der Waals surface area contributed by atoms with Gasteiger partial charge in [-0.05, 0) is 24.6 Å². The van der Waals surface area contributed by atoms with Gasteiger partial charge < -0.3 is 14.2 Å². The minimum atomic E-state index is -3.07. The summed E-state index contributed by atoms with van der Waals surface area (Å²) in [6.45, 7) is -1.51. The molecular formula is C19H17F2NO6. The fraction of sp³-hybridized carbons (Fsp3) is 0.211. The number of methoxy groups -OCH3 is 1. The molecule has 28 heavy (non-hydrogen) atoms. The number of alkyl halides is 2. The lowest BCUT2D eigenvalue weighted by Gasteiger charge is -2.13. The second-order valence-corrected chi connectivity index (χ2v) is 5.52. The molecule has 0 spiro atoms. The molecule has 0 aliphatic heterocycles. The topological polar surface area (TPSA) is 87.9 Å². The van der Waals surface area contributed by atoms with Crippen LogP contribution in [0.3, 0.4) is 0 Å². The third-order valence-corrected chi connectivity index (χ3v) is 3.68. The summed E-state index contributed by atoms with van der Waals surface area (Å²) >= 11 is 0. The van der Waals surface area contributed by atoms with Crippen molar-refractivity contribution in [2.45, 2.75) is 19.6 Å². The Balaban J connectivity index is 2.13. The maximum absolute atomic E-state index is 12.6. The Hall–Kier alpha value is -3.49. The molecule has 0 aliphatic rings. The van der Waals surface area contributed by atoms with E-state index in [9.17, 15) is 23.7 Å². The van der Waals surface area contributed by atoms with Crippen molar-refractivity contribution < 1.29 is 32.7 Å². The van der Waals surface area contributed by atoms with E-state index >= 15 is 0 Å². The number of carbonyl (C=O) groups excluding carboxylic acids is 1. The SMILES string of the molecule is COc1cccc(/C=C/C(=O)O[C@@H](C)c2cccc([N+](=O)[O-])c2)c1OC(F)F. The molecule has 2 aromatic rings. The minimum Gasteiger partial charge on any atom is -0.493 e. The molecule has 0 aliphatic carbocycles. The van der Waals surface area contributed by atoms with E-state index in [0.29, 0.717) is 5.56 Å². The quantitative estimate of drug-likeness (QED) is 0.284. The molecular weight excluding hydrogens is 376 g/mol. The van der Waals surface area contributed by atoms with Gasteiger partial charge in [0.1, 0.15) is 6.10 Å². The van der Waals surface area contributed by atoms with Gasteiger partial charge in [-0.15, -0.1) is 0 Å². The van der Waals surface area contributed by atoms with Crippen LogP contribution in [0.1, 0.15) is 24.2 Å². The van der Waals surface area contributed by atoms with E-state index in [1.54, 1.807) is 19.1 Å². The molecule has 0 bridgehead atoms. The average Bonchev–Trinajstić information content (AvgIpc) is 2.66. The van der Waals surface area contributed by atoms with Crippen molar-refractivity contribution >= 4 is 17.7 Å². The van der Waals surface area contributed by atoms with Crippen LogP contribution in [0.2, 0.25) is 0 Å². The molecule has 0 fully saturated rings. The second kappa shape index (κ2) is 9.45. The molecule has 0 saturated carbocycles. The van der Waals surface area contributed by atoms with Gasteiger partial charge in [0.15, 0.2) is 11.5 Å². The number of non-ortho nitro benzene ring substituents is 1. The summed E-state index contributed by atoms with van der Waals surface area (Å²) in [4.78, 5) is 22.3. The van der Waals surface area contributed by atoms with E-state index in [2.05, 4.69) is 4.74 Å². The Morgan fingerprint density at radius 1 is 1.21 bits per heavy atom. The highest BCUT2D eigenvalue weighted by Crippen LogP contribution is 2.33. The van der Waals surface area contributed by atoms with E-state index in [4.69, 9.17) is 9.47 Å². The molecule has 1 atom stereocenters. The summed E-state index contributed by atoms with van der Waals surface area (Å²) in [6, 6.07) is 10.2. The highest BCUT2D eigenvalue weighted by Gasteiger charge is 2.16. The van der Waals surface area contributed by atoms with Crippen LogP contribution in [-0.2, 0) is 9.53 Å². The molecule has 0 unspecified atom stereocenters. The lowest BCUT2D eigenvalue weighted by atomic mass is 10.1. The Morgan fingerprint density at radius 2 is 1.93 bits per heavy atom. The fourth-order valence-electron chi connectivity index (χ4n) is 2.37. The Kier molecular flexibility index (Phi) is 7.02. The molecule has 7 nitrogen and oxygen atoms in total. The predicted molar refractivity (Wildman–Crippen MR) is 96.3 cm³/mol. The summed E-state index contributed by atoms with van der Waals surface area (Å²) in [6.07, 6.45) is 1.54. The number of nitro groups is 1. The molecule has 0 saturated heterocycles. The zero-order chi connectivity index (χ0) is 20.7. The molecule has 0 amide bonds. The highest BCUT2D eigenvalue weighted by atomic mass is 19.3. The standard InChI is InChI=1S/C19H17F2NO6/c1-12(14-6-3-7-15(11-14)22(24)25)27-17(23)10-9-13-5-4-8-16(26-2)18(13)28-19(20)21/h3-12,19H,1-2H3/b10-9+/t12-/m0/s1. The molecule has 9 heteroatoms. The van der Waals surface area contributed by atoms with Crippen LogP contribution < -0.4 is 9.47 Å². The zero-order valence-corrected chi connectivity index (χ0v) is 15.0. The number of hydrogen-bond donors (Lipinski definition) is 0. The Morgan fingerprint density at radius 3 is 2.57 bits per heavy atom. The van der Waals surface area contributed by atoms with Crippen molar-refractivity contribution in [3.63, 3.8) is 0 Å². The molecule has 0 N–H and O–H groups in total. The summed E-state index contributed by atoms with van der Waals surface area (Å²) < 4.78 is 39.9. The van der Waals surface area contributed by atoms with Crippen molar-refractivity contribution in [2.24, 2.45) is 0 Å². The third-order valence-electron chi connectivity index (χ3n) is 3.68. The molecule has 0 radical (unpaired) electrons. The van der Waals surface area contributed by atoms with Crippen LogP contribution >= 0.6 is 0 Å². The van der Waals surface area contributed by atoms with Gasteiger partial charge in [-0.25, -0.2) is 4.79 Å². The minimum absolute atomic E-state index is 0.0841. The number of esters is 1. The number of ether oxygens (including phenoxy) is 3. The first kappa shape index (κ1) is 20.8. The summed E-state index contributed by atoms with van der Waals surface area (Å²) in [5, 5.41) is 10.8. The first-order chi connectivity index (χ1) is 13.3. The Bertz CT molecular complexity index is 884. The van der Waals surface area contributed by atoms with Gasteiger partial charge >= 0.3 is 12.6 Å². The van der Waals surface area contributed by atoms with Gasteiger partial charge in [0.05, 0.1) is 12.0 Å². The first-order valence-electron chi connectivity index (χ1n) is 8.06. The zero-order valence-electron chi connectivity index (χ0n) is 15.0. The van der Waals surface area contributed by atoms with Crippen molar-refractivity contribution in [3.8, 4) is 11.5 Å². The lowest BCUT2D eigenvalue weighted by Crippen LogP contribution is -2.07. The van der Waals surface area contributed by atoms with E-state index in [-0.39, 0.29) is 22.7 Å². The molecule has 148 valence electrons. The van der Waals surface area contributed by atoms with Crippen LogP contribution in [0.25, 0.3) is 6.08 Å². The second-order valence-electron chi connectivity index (χ2n) is 5.52. The molecule has 0 aromatic heterocycles. The summed E-state index contributed by atoms with van der Waals surface area (Å²) in [7, 11) is 1.30. The number of benzene rings is 2. The van der Waals surface area contributed by atoms with Crippen LogP contribution in [0, 0.1) is 10.1 Å². The van der Waals surface area contributed by atoms with Crippen LogP contribution in [0.4, 0.5) is 14.5 Å². The number of rotatable bonds is 8. The van der Waals surface area contributed by atoms with Gasteiger partial charge in [0.25, 0.3) is 5.69 Å². The number of para-hydroxylation sites is 1. The third kappa shape index (κ3) is 5.50. The van der Waals surface area contributed by atoms with Crippen molar-refractivity contribution in [3.05, 3.63) is 69.8 Å². The smallest absolute Gasteiger partial charge is 0.387 e. The van der Waals surface area contributed by atoms with Gasteiger partial charge in [-0.3, -0.25) is 10.1 Å². The monoisotopic (exact) mass is 393 g/mol. The van der Waals surface area contributed by atoms with Crippen molar-refractivity contribution in [2.75, 3.05) is 7.11 Å². The summed E-state index contributed by atoms with van der Waals surface area (Å²) in [5.74, 6) is -0.888. The van der Waals surface area contributed by atoms with Gasteiger partial charge in [-0.2, -0.15) is 8.78 Å². The highest BCUT2D eigenvalue weighted by molar-refractivity contribution is 5.88. The average molecular weight is 393 g/mol. The predicted octanol–water partition coefficient (Wildman–Crippen LogP) is 4.52. The molecule has 2 aromatic carbocycles. The van der Waals surface area contributed by atoms with Gasteiger partial charge in [0.2, 0.25) is 0 Å². The maximum atomic E-state index is 12.6. The van der Waals surface area contributed by atoms with Crippen LogP contribution in [-0.4, -0.2) is 24.6 Å². The summed E-state index contributed by atoms with van der Waals surface area (Å²) in [5.41, 5.74) is 0.514. The molecule has 0 heterocycles. The van der Waals surface area contributed by atoms with E-state index in [1.165, 1.54) is 43.5 Å². The van der Waals surface area contributed by atoms with Gasteiger partial charge in [0, 0.05) is 23.8 Å². The van der Waals surface area contributed by atoms with Crippen molar-refractivity contribution in [1.82, 2.24) is 0 Å². The van der Waals surface area contributed by atoms with Crippen molar-refractivity contribution in [1.29, 1.82) is 0 Å². The largest absolute Gasteiger partial charge is 0.493 e. The normalized spacial score (nSPS) is 12.0. The lowest BCUT2D eigenvalue weighted by molar-refractivity contribution is -0.385.